The summed E-state index contributed by atoms with van der Waals surface area (Å²) in [6.45, 7) is -0.0616. The largest absolute Gasteiger partial charge is 0.496 e. The first kappa shape index (κ1) is 14.9. The number of nitrogens with one attached hydrogen (secondary N) is 1. The van der Waals surface area contributed by atoms with E-state index in [-0.39, 0.29) is 47.9 Å². The Kier molecular flexibility index (Phi) is 3.47. The first-order valence-corrected chi connectivity index (χ1v) is 6.93. The van der Waals surface area contributed by atoms with Crippen molar-refractivity contribution in [3.8, 4) is 5.75 Å². The average molecular weight is 319 g/mol. The molecule has 23 heavy (non-hydrogen) atoms. The highest BCUT2D eigenvalue weighted by atomic mass is 16.6. The van der Waals surface area contributed by atoms with Crippen LogP contribution >= 0.6 is 0 Å². The smallest absolute Gasteiger partial charge is 0.275 e. The number of nitrogens with zero attached hydrogens (tertiary/aromatic N) is 2. The fourth-order valence-corrected chi connectivity index (χ4v) is 2.97. The van der Waals surface area contributed by atoms with Gasteiger partial charge in [-0.2, -0.15) is 0 Å². The number of nitro benzene ring substituents is 1. The van der Waals surface area contributed by atoms with E-state index in [1.54, 1.807) is 0 Å². The van der Waals surface area contributed by atoms with Crippen molar-refractivity contribution in [3.63, 3.8) is 0 Å². The summed E-state index contributed by atoms with van der Waals surface area (Å²) in [6.07, 6.45) is 0.316. The molecule has 2 aliphatic rings. The van der Waals surface area contributed by atoms with E-state index in [4.69, 9.17) is 4.74 Å². The van der Waals surface area contributed by atoms with Crippen molar-refractivity contribution in [1.82, 2.24) is 10.2 Å². The molecule has 0 aliphatic carbocycles. The van der Waals surface area contributed by atoms with Crippen molar-refractivity contribution >= 4 is 23.4 Å². The standard InChI is InChI=1S/C14H13N3O6/c1-23-10-4-2-8(17(21)22)7-6-16(14(20)12(7)10)9-3-5-11(18)15-13(9)19/h2,4,9H,3,5-6H2,1H3,(H,15,18,19). The van der Waals surface area contributed by atoms with Gasteiger partial charge < -0.3 is 9.64 Å². The van der Waals surface area contributed by atoms with Crippen molar-refractivity contribution in [2.75, 3.05) is 7.11 Å². The van der Waals surface area contributed by atoms with Gasteiger partial charge in [0, 0.05) is 12.5 Å². The van der Waals surface area contributed by atoms with Gasteiger partial charge in [0.2, 0.25) is 11.8 Å². The van der Waals surface area contributed by atoms with Crippen LogP contribution in [0.25, 0.3) is 0 Å². The summed E-state index contributed by atoms with van der Waals surface area (Å²) in [4.78, 5) is 47.7. The molecule has 9 nitrogen and oxygen atoms in total. The Labute approximate surface area is 130 Å². The van der Waals surface area contributed by atoms with E-state index >= 15 is 0 Å². The molecule has 120 valence electrons. The van der Waals surface area contributed by atoms with Crippen LogP contribution in [-0.4, -0.2) is 40.7 Å². The van der Waals surface area contributed by atoms with Gasteiger partial charge >= 0.3 is 0 Å². The molecule has 0 aromatic heterocycles. The van der Waals surface area contributed by atoms with Crippen LogP contribution in [0.2, 0.25) is 0 Å². The minimum absolute atomic E-state index is 0.0616. The number of methoxy groups -OCH3 is 1. The zero-order valence-corrected chi connectivity index (χ0v) is 12.2. The topological polar surface area (TPSA) is 119 Å². The maximum atomic E-state index is 12.6. The lowest BCUT2D eigenvalue weighted by atomic mass is 10.0. The summed E-state index contributed by atoms with van der Waals surface area (Å²) in [7, 11) is 1.36. The number of piperidine rings is 1. The van der Waals surface area contributed by atoms with Gasteiger partial charge in [-0.05, 0) is 12.5 Å². The number of benzene rings is 1. The molecule has 3 amide bonds. The van der Waals surface area contributed by atoms with E-state index in [1.807, 2.05) is 0 Å². The van der Waals surface area contributed by atoms with Gasteiger partial charge in [0.15, 0.2) is 0 Å². The Hall–Kier alpha value is -2.97. The van der Waals surface area contributed by atoms with Gasteiger partial charge in [-0.15, -0.1) is 0 Å². The minimum atomic E-state index is -0.822. The van der Waals surface area contributed by atoms with Gasteiger partial charge in [0.25, 0.3) is 11.6 Å². The number of ether oxygens (including phenoxy) is 1. The molecule has 2 heterocycles. The molecule has 1 N–H and O–H groups in total. The monoisotopic (exact) mass is 319 g/mol. The van der Waals surface area contributed by atoms with Crippen molar-refractivity contribution in [3.05, 3.63) is 33.4 Å². The molecule has 0 bridgehead atoms. The fourth-order valence-electron chi connectivity index (χ4n) is 2.97. The molecule has 1 unspecified atom stereocenters. The first-order valence-electron chi connectivity index (χ1n) is 6.93. The molecule has 3 rings (SSSR count). The predicted molar refractivity (Wildman–Crippen MR) is 75.7 cm³/mol. The molecule has 1 fully saturated rings. The van der Waals surface area contributed by atoms with Crippen LogP contribution < -0.4 is 10.1 Å². The zero-order valence-electron chi connectivity index (χ0n) is 12.2. The number of hydrogen-bond acceptors (Lipinski definition) is 6. The number of rotatable bonds is 3. The quantitative estimate of drug-likeness (QED) is 0.488. The van der Waals surface area contributed by atoms with Gasteiger partial charge in [0.05, 0.1) is 29.7 Å². The van der Waals surface area contributed by atoms with E-state index in [9.17, 15) is 24.5 Å². The first-order chi connectivity index (χ1) is 10.9. The summed E-state index contributed by atoms with van der Waals surface area (Å²) < 4.78 is 5.12. The van der Waals surface area contributed by atoms with Crippen LogP contribution in [0.3, 0.4) is 0 Å². The molecule has 1 aromatic carbocycles. The predicted octanol–water partition coefficient (Wildman–Crippen LogP) is 0.364. The molecule has 1 saturated heterocycles. The zero-order chi connectivity index (χ0) is 16.7. The van der Waals surface area contributed by atoms with Crippen LogP contribution in [-0.2, 0) is 16.1 Å². The molecule has 0 saturated carbocycles. The van der Waals surface area contributed by atoms with Crippen LogP contribution in [0, 0.1) is 10.1 Å². The summed E-state index contributed by atoms with van der Waals surface area (Å²) in [5, 5.41) is 13.4. The average Bonchev–Trinajstić information content (AvgIpc) is 2.84. The highest BCUT2D eigenvalue weighted by Gasteiger charge is 2.43. The Bertz CT molecular complexity index is 744. The molecule has 1 atom stereocenters. The van der Waals surface area contributed by atoms with Crippen LogP contribution in [0.5, 0.6) is 5.75 Å². The highest BCUT2D eigenvalue weighted by molar-refractivity contribution is 6.07. The number of carbonyl (C=O) groups excluding carboxylic acids is 3. The third kappa shape index (κ3) is 2.30. The summed E-state index contributed by atoms with van der Waals surface area (Å²) in [5.74, 6) is -1.23. The lowest BCUT2D eigenvalue weighted by Crippen LogP contribution is -2.52. The minimum Gasteiger partial charge on any atom is -0.496 e. The van der Waals surface area contributed by atoms with E-state index in [0.29, 0.717) is 0 Å². The summed E-state index contributed by atoms with van der Waals surface area (Å²) in [6, 6.07) is 1.82. The van der Waals surface area contributed by atoms with Crippen molar-refractivity contribution < 1.29 is 24.0 Å². The van der Waals surface area contributed by atoms with Gasteiger partial charge in [-0.3, -0.25) is 29.8 Å². The number of hydrogen-bond donors (Lipinski definition) is 1. The fraction of sp³-hybridized carbons (Fsp3) is 0.357. The number of fused-ring (bicyclic) bond motifs is 1. The van der Waals surface area contributed by atoms with Crippen LogP contribution in [0.1, 0.15) is 28.8 Å². The van der Waals surface area contributed by atoms with Crippen molar-refractivity contribution in [1.29, 1.82) is 0 Å². The van der Waals surface area contributed by atoms with Gasteiger partial charge in [-0.25, -0.2) is 0 Å². The number of amides is 3. The molecule has 2 aliphatic heterocycles. The summed E-state index contributed by atoms with van der Waals surface area (Å²) >= 11 is 0. The lowest BCUT2D eigenvalue weighted by molar-refractivity contribution is -0.385. The second kappa shape index (κ2) is 5.34. The van der Waals surface area contributed by atoms with E-state index in [1.165, 1.54) is 24.1 Å². The number of carbonyl (C=O) groups is 3. The van der Waals surface area contributed by atoms with Crippen molar-refractivity contribution in [2.45, 2.75) is 25.4 Å². The third-order valence-electron chi connectivity index (χ3n) is 4.06. The maximum Gasteiger partial charge on any atom is 0.275 e. The number of nitro groups is 1. The Morgan fingerprint density at radius 3 is 2.70 bits per heavy atom. The molecule has 9 heteroatoms. The third-order valence-corrected chi connectivity index (χ3v) is 4.06. The van der Waals surface area contributed by atoms with E-state index in [2.05, 4.69) is 5.32 Å². The van der Waals surface area contributed by atoms with Crippen molar-refractivity contribution in [2.24, 2.45) is 0 Å². The van der Waals surface area contributed by atoms with E-state index in [0.717, 1.165) is 0 Å². The lowest BCUT2D eigenvalue weighted by Gasteiger charge is -2.29. The highest BCUT2D eigenvalue weighted by Crippen LogP contribution is 2.38. The Morgan fingerprint density at radius 1 is 1.35 bits per heavy atom. The second-order valence-electron chi connectivity index (χ2n) is 5.30. The molecule has 0 spiro atoms. The molecule has 0 radical (unpaired) electrons. The maximum absolute atomic E-state index is 12.6. The van der Waals surface area contributed by atoms with Crippen LogP contribution in [0.15, 0.2) is 12.1 Å². The second-order valence-corrected chi connectivity index (χ2v) is 5.30. The van der Waals surface area contributed by atoms with E-state index < -0.39 is 22.8 Å². The Balaban J connectivity index is 2.01. The normalized spacial score (nSPS) is 20.3. The molecular formula is C14H13N3O6. The Morgan fingerprint density at radius 2 is 2.09 bits per heavy atom. The molecule has 1 aromatic rings. The molecular weight excluding hydrogens is 306 g/mol. The summed E-state index contributed by atoms with van der Waals surface area (Å²) in [5.41, 5.74) is 0.138. The van der Waals surface area contributed by atoms with Gasteiger partial charge in [0.1, 0.15) is 11.8 Å². The number of imide groups is 1. The van der Waals surface area contributed by atoms with Gasteiger partial charge in [-0.1, -0.05) is 0 Å². The van der Waals surface area contributed by atoms with Crippen LogP contribution in [0.4, 0.5) is 5.69 Å². The SMILES string of the molecule is COc1ccc([N+](=O)[O-])c2c1C(=O)N(C1CCC(=O)NC1=O)C2.